The van der Waals surface area contributed by atoms with Crippen molar-refractivity contribution >= 4 is 27.9 Å². The second-order valence-corrected chi connectivity index (χ2v) is 4.57. The first-order chi connectivity index (χ1) is 10.3. The standard InChI is InChI=1S/C14H11N7/c1-15-14-16-5-9-4-8(2-3-11(9)20-14)12-10-6-19-21-13(10)18-7-17-12/h2-7H,1H3,(H,15,16,20)(H,17,18,19,21). The minimum Gasteiger partial charge on any atom is -0.357 e. The molecular formula is C14H11N7. The van der Waals surface area contributed by atoms with Crippen LogP contribution in [-0.4, -0.2) is 37.2 Å². The van der Waals surface area contributed by atoms with Crippen LogP contribution in [0.4, 0.5) is 5.95 Å². The third kappa shape index (κ3) is 1.86. The Morgan fingerprint density at radius 2 is 2.05 bits per heavy atom. The van der Waals surface area contributed by atoms with Crippen molar-refractivity contribution in [3.05, 3.63) is 36.9 Å². The van der Waals surface area contributed by atoms with Gasteiger partial charge in [0.2, 0.25) is 5.95 Å². The summed E-state index contributed by atoms with van der Waals surface area (Å²) < 4.78 is 0. The lowest BCUT2D eigenvalue weighted by molar-refractivity contribution is 1.09. The SMILES string of the molecule is CNc1ncc2cc(-c3ncnc4[nH]ncc34)ccc2n1. The Kier molecular flexibility index (Phi) is 2.50. The van der Waals surface area contributed by atoms with Crippen LogP contribution < -0.4 is 5.32 Å². The number of anilines is 1. The van der Waals surface area contributed by atoms with Crippen molar-refractivity contribution in [3.63, 3.8) is 0 Å². The van der Waals surface area contributed by atoms with Crippen molar-refractivity contribution in [1.82, 2.24) is 30.1 Å². The Morgan fingerprint density at radius 1 is 1.10 bits per heavy atom. The zero-order valence-electron chi connectivity index (χ0n) is 11.2. The Morgan fingerprint density at radius 3 is 2.95 bits per heavy atom. The molecule has 0 bridgehead atoms. The van der Waals surface area contributed by atoms with E-state index in [9.17, 15) is 0 Å². The number of aromatic nitrogens is 6. The lowest BCUT2D eigenvalue weighted by Crippen LogP contribution is -1.96. The molecule has 1 aromatic carbocycles. The van der Waals surface area contributed by atoms with E-state index in [-0.39, 0.29) is 0 Å². The number of fused-ring (bicyclic) bond motifs is 2. The fourth-order valence-electron chi connectivity index (χ4n) is 2.30. The van der Waals surface area contributed by atoms with Crippen molar-refractivity contribution < 1.29 is 0 Å². The van der Waals surface area contributed by atoms with Crippen LogP contribution in [0.1, 0.15) is 0 Å². The average Bonchev–Trinajstić information content (AvgIpc) is 3.02. The Labute approximate surface area is 119 Å². The first kappa shape index (κ1) is 11.7. The molecule has 0 atom stereocenters. The molecule has 3 aromatic heterocycles. The number of rotatable bonds is 2. The van der Waals surface area contributed by atoms with Crippen LogP contribution in [0.25, 0.3) is 33.2 Å². The van der Waals surface area contributed by atoms with Crippen LogP contribution in [0, 0.1) is 0 Å². The van der Waals surface area contributed by atoms with E-state index >= 15 is 0 Å². The quantitative estimate of drug-likeness (QED) is 0.582. The summed E-state index contributed by atoms with van der Waals surface area (Å²) in [5.41, 5.74) is 3.43. The van der Waals surface area contributed by atoms with E-state index < -0.39 is 0 Å². The Balaban J connectivity index is 1.92. The molecule has 0 aliphatic carbocycles. The molecule has 0 unspecified atom stereocenters. The van der Waals surface area contributed by atoms with Gasteiger partial charge in [-0.05, 0) is 12.1 Å². The molecule has 0 fully saturated rings. The maximum Gasteiger partial charge on any atom is 0.222 e. The van der Waals surface area contributed by atoms with Gasteiger partial charge in [0.05, 0.1) is 22.8 Å². The summed E-state index contributed by atoms with van der Waals surface area (Å²) in [6, 6.07) is 5.97. The van der Waals surface area contributed by atoms with Gasteiger partial charge in [0, 0.05) is 24.2 Å². The maximum absolute atomic E-state index is 4.41. The summed E-state index contributed by atoms with van der Waals surface area (Å²) in [5, 5.41) is 11.6. The zero-order chi connectivity index (χ0) is 14.2. The lowest BCUT2D eigenvalue weighted by Gasteiger charge is -2.05. The molecule has 0 radical (unpaired) electrons. The number of hydrogen-bond acceptors (Lipinski definition) is 6. The number of benzene rings is 1. The van der Waals surface area contributed by atoms with Crippen molar-refractivity contribution in [2.24, 2.45) is 0 Å². The molecule has 0 saturated carbocycles. The van der Waals surface area contributed by atoms with E-state index in [0.717, 1.165) is 33.2 Å². The van der Waals surface area contributed by atoms with Gasteiger partial charge in [-0.2, -0.15) is 5.10 Å². The van der Waals surface area contributed by atoms with Crippen molar-refractivity contribution in [2.75, 3.05) is 12.4 Å². The first-order valence-electron chi connectivity index (χ1n) is 6.44. The zero-order valence-corrected chi connectivity index (χ0v) is 11.2. The molecule has 3 heterocycles. The van der Waals surface area contributed by atoms with Crippen LogP contribution in [0.2, 0.25) is 0 Å². The third-order valence-electron chi connectivity index (χ3n) is 3.32. The van der Waals surface area contributed by atoms with E-state index in [2.05, 4.69) is 35.5 Å². The highest BCUT2D eigenvalue weighted by molar-refractivity contribution is 5.93. The molecule has 102 valence electrons. The fraction of sp³-hybridized carbons (Fsp3) is 0.0714. The van der Waals surface area contributed by atoms with Gasteiger partial charge in [0.1, 0.15) is 6.33 Å². The number of nitrogens with zero attached hydrogens (tertiary/aromatic N) is 5. The number of aromatic amines is 1. The molecular weight excluding hydrogens is 266 g/mol. The fourth-order valence-corrected chi connectivity index (χ4v) is 2.30. The Bertz CT molecular complexity index is 944. The minimum absolute atomic E-state index is 0.606. The van der Waals surface area contributed by atoms with E-state index in [0.29, 0.717) is 5.95 Å². The summed E-state index contributed by atoms with van der Waals surface area (Å²) >= 11 is 0. The monoisotopic (exact) mass is 277 g/mol. The molecule has 0 aliphatic rings. The van der Waals surface area contributed by atoms with Crippen LogP contribution >= 0.6 is 0 Å². The van der Waals surface area contributed by atoms with Gasteiger partial charge in [0.15, 0.2) is 5.65 Å². The van der Waals surface area contributed by atoms with Crippen LogP contribution in [0.3, 0.4) is 0 Å². The van der Waals surface area contributed by atoms with Gasteiger partial charge in [-0.3, -0.25) is 5.10 Å². The molecule has 0 saturated heterocycles. The van der Waals surface area contributed by atoms with Gasteiger partial charge < -0.3 is 5.32 Å². The predicted molar refractivity (Wildman–Crippen MR) is 79.8 cm³/mol. The summed E-state index contributed by atoms with van der Waals surface area (Å²) in [6.07, 6.45) is 5.06. The van der Waals surface area contributed by atoms with Crippen LogP contribution in [-0.2, 0) is 0 Å². The topological polar surface area (TPSA) is 92.3 Å². The number of hydrogen-bond donors (Lipinski definition) is 2. The molecule has 2 N–H and O–H groups in total. The largest absolute Gasteiger partial charge is 0.357 e. The van der Waals surface area contributed by atoms with Crippen molar-refractivity contribution in [2.45, 2.75) is 0 Å². The molecule has 4 aromatic rings. The normalized spacial score (nSPS) is 11.1. The van der Waals surface area contributed by atoms with Gasteiger partial charge in [-0.1, -0.05) is 6.07 Å². The van der Waals surface area contributed by atoms with E-state index in [4.69, 9.17) is 0 Å². The highest BCUT2D eigenvalue weighted by Gasteiger charge is 2.09. The van der Waals surface area contributed by atoms with E-state index in [1.165, 1.54) is 6.33 Å². The molecule has 0 amide bonds. The highest BCUT2D eigenvalue weighted by Crippen LogP contribution is 2.26. The summed E-state index contributed by atoms with van der Waals surface area (Å²) in [5.74, 6) is 0.606. The van der Waals surface area contributed by atoms with Gasteiger partial charge in [-0.15, -0.1) is 0 Å². The Hall–Kier alpha value is -3.09. The van der Waals surface area contributed by atoms with Gasteiger partial charge in [-0.25, -0.2) is 19.9 Å². The molecule has 0 spiro atoms. The first-order valence-corrected chi connectivity index (χ1v) is 6.44. The molecule has 21 heavy (non-hydrogen) atoms. The van der Waals surface area contributed by atoms with Crippen molar-refractivity contribution in [1.29, 1.82) is 0 Å². The van der Waals surface area contributed by atoms with E-state index in [1.54, 1.807) is 19.4 Å². The van der Waals surface area contributed by atoms with Crippen LogP contribution in [0.5, 0.6) is 0 Å². The second kappa shape index (κ2) is 4.48. The van der Waals surface area contributed by atoms with E-state index in [1.807, 2.05) is 18.2 Å². The molecule has 7 heteroatoms. The van der Waals surface area contributed by atoms with Crippen LogP contribution in [0.15, 0.2) is 36.9 Å². The summed E-state index contributed by atoms with van der Waals surface area (Å²) in [4.78, 5) is 17.2. The number of H-pyrrole nitrogens is 1. The van der Waals surface area contributed by atoms with Gasteiger partial charge in [0.25, 0.3) is 0 Å². The van der Waals surface area contributed by atoms with Gasteiger partial charge >= 0.3 is 0 Å². The summed E-state index contributed by atoms with van der Waals surface area (Å²) in [6.45, 7) is 0. The lowest BCUT2D eigenvalue weighted by atomic mass is 10.1. The number of nitrogens with one attached hydrogen (secondary N) is 2. The highest BCUT2D eigenvalue weighted by atomic mass is 15.1. The molecule has 4 rings (SSSR count). The molecule has 0 aliphatic heterocycles. The minimum atomic E-state index is 0.606. The summed E-state index contributed by atoms with van der Waals surface area (Å²) in [7, 11) is 1.80. The van der Waals surface area contributed by atoms with Crippen molar-refractivity contribution in [3.8, 4) is 11.3 Å². The predicted octanol–water partition coefficient (Wildman–Crippen LogP) is 2.00. The second-order valence-electron chi connectivity index (χ2n) is 4.57. The third-order valence-corrected chi connectivity index (χ3v) is 3.32. The molecule has 7 nitrogen and oxygen atoms in total. The maximum atomic E-state index is 4.41. The smallest absolute Gasteiger partial charge is 0.222 e. The average molecular weight is 277 g/mol.